The van der Waals surface area contributed by atoms with E-state index in [0.29, 0.717) is 11.0 Å². The van der Waals surface area contributed by atoms with E-state index in [1.54, 1.807) is 0 Å². The molecule has 1 saturated heterocycles. The van der Waals surface area contributed by atoms with Crippen LogP contribution in [0.2, 0.25) is 0 Å². The van der Waals surface area contributed by atoms with E-state index < -0.39 is 0 Å². The summed E-state index contributed by atoms with van der Waals surface area (Å²) in [5.74, 6) is 0. The van der Waals surface area contributed by atoms with Gasteiger partial charge in [-0.15, -0.1) is 0 Å². The van der Waals surface area contributed by atoms with Crippen molar-refractivity contribution in [1.82, 2.24) is 9.80 Å². The minimum atomic E-state index is 0.309. The summed E-state index contributed by atoms with van der Waals surface area (Å²) in [5, 5.41) is 0. The summed E-state index contributed by atoms with van der Waals surface area (Å²) in [5.41, 5.74) is 7.11. The van der Waals surface area contributed by atoms with Crippen molar-refractivity contribution in [2.75, 3.05) is 32.7 Å². The molecule has 1 aliphatic heterocycles. The molecule has 3 nitrogen and oxygen atoms in total. The van der Waals surface area contributed by atoms with Crippen molar-refractivity contribution in [3.63, 3.8) is 0 Å². The van der Waals surface area contributed by atoms with E-state index in [4.69, 9.17) is 5.73 Å². The number of nitrogens with zero attached hydrogens (tertiary/aromatic N) is 2. The summed E-state index contributed by atoms with van der Waals surface area (Å²) < 4.78 is 0. The molecule has 0 spiro atoms. The lowest BCUT2D eigenvalue weighted by Gasteiger charge is -2.47. The van der Waals surface area contributed by atoms with E-state index in [1.165, 1.54) is 71.1 Å². The molecule has 1 unspecified atom stereocenters. The predicted molar refractivity (Wildman–Crippen MR) is 84.8 cm³/mol. The van der Waals surface area contributed by atoms with E-state index >= 15 is 0 Å². The van der Waals surface area contributed by atoms with Crippen molar-refractivity contribution >= 4 is 0 Å². The van der Waals surface area contributed by atoms with Gasteiger partial charge in [-0.25, -0.2) is 0 Å². The average Bonchev–Trinajstić information content (AvgIpc) is 3.27. The highest BCUT2D eigenvalue weighted by Gasteiger charge is 2.41. The van der Waals surface area contributed by atoms with E-state index in [2.05, 4.69) is 23.6 Å². The fourth-order valence-electron chi connectivity index (χ4n) is 4.37. The summed E-state index contributed by atoms with van der Waals surface area (Å²) in [6.07, 6.45) is 9.57. The molecule has 3 heteroatoms. The molecule has 0 radical (unpaired) electrons. The average molecular weight is 279 g/mol. The third-order valence-corrected chi connectivity index (χ3v) is 6.19. The minimum absolute atomic E-state index is 0.309. The first-order chi connectivity index (χ1) is 9.55. The van der Waals surface area contributed by atoms with Gasteiger partial charge in [0, 0.05) is 44.3 Å². The summed E-state index contributed by atoms with van der Waals surface area (Å²) in [6.45, 7) is 10.8. The van der Waals surface area contributed by atoms with Crippen molar-refractivity contribution in [2.45, 2.75) is 70.4 Å². The zero-order chi connectivity index (χ0) is 14.2. The Morgan fingerprint density at radius 2 is 1.65 bits per heavy atom. The first-order valence-corrected chi connectivity index (χ1v) is 8.74. The van der Waals surface area contributed by atoms with Gasteiger partial charge in [0.05, 0.1) is 0 Å². The van der Waals surface area contributed by atoms with Crippen LogP contribution < -0.4 is 5.73 Å². The third-order valence-electron chi connectivity index (χ3n) is 6.19. The highest BCUT2D eigenvalue weighted by Crippen LogP contribution is 2.41. The van der Waals surface area contributed by atoms with Gasteiger partial charge >= 0.3 is 0 Å². The van der Waals surface area contributed by atoms with Gasteiger partial charge < -0.3 is 5.73 Å². The van der Waals surface area contributed by atoms with Gasteiger partial charge in [0.15, 0.2) is 0 Å². The molecular formula is C17H33N3. The van der Waals surface area contributed by atoms with Crippen LogP contribution in [0.25, 0.3) is 0 Å². The Kier molecular flexibility index (Phi) is 4.13. The van der Waals surface area contributed by atoms with Crippen molar-refractivity contribution in [3.8, 4) is 0 Å². The SMILES string of the molecule is CC1(C)CCCC(CN)(N2CCN(C3CC3)CC2)CC1. The molecule has 0 aromatic heterocycles. The molecule has 3 aliphatic rings. The Hall–Kier alpha value is -0.120. The van der Waals surface area contributed by atoms with Crippen LogP contribution in [-0.2, 0) is 0 Å². The molecule has 2 saturated carbocycles. The molecule has 2 N–H and O–H groups in total. The third kappa shape index (κ3) is 3.05. The Morgan fingerprint density at radius 1 is 0.950 bits per heavy atom. The smallest absolute Gasteiger partial charge is 0.0333 e. The van der Waals surface area contributed by atoms with E-state index in [-0.39, 0.29) is 0 Å². The number of hydrogen-bond donors (Lipinski definition) is 1. The fourth-order valence-corrected chi connectivity index (χ4v) is 4.37. The van der Waals surface area contributed by atoms with E-state index in [1.807, 2.05) is 0 Å². The number of nitrogens with two attached hydrogens (primary N) is 1. The number of hydrogen-bond acceptors (Lipinski definition) is 3. The Balaban J connectivity index is 1.63. The van der Waals surface area contributed by atoms with Crippen molar-refractivity contribution in [1.29, 1.82) is 0 Å². The van der Waals surface area contributed by atoms with Gasteiger partial charge in [-0.3, -0.25) is 9.80 Å². The minimum Gasteiger partial charge on any atom is -0.329 e. The second kappa shape index (κ2) is 5.58. The van der Waals surface area contributed by atoms with Crippen LogP contribution in [0.15, 0.2) is 0 Å². The topological polar surface area (TPSA) is 32.5 Å². The van der Waals surface area contributed by atoms with E-state index in [0.717, 1.165) is 12.6 Å². The van der Waals surface area contributed by atoms with Crippen LogP contribution in [-0.4, -0.2) is 54.1 Å². The Morgan fingerprint density at radius 3 is 2.25 bits per heavy atom. The van der Waals surface area contributed by atoms with Crippen LogP contribution in [0.3, 0.4) is 0 Å². The van der Waals surface area contributed by atoms with Gasteiger partial charge in [0.1, 0.15) is 0 Å². The molecule has 0 aromatic rings. The van der Waals surface area contributed by atoms with Crippen LogP contribution in [0.1, 0.15) is 58.8 Å². The summed E-state index contributed by atoms with van der Waals surface area (Å²) in [4.78, 5) is 5.47. The highest BCUT2D eigenvalue weighted by atomic mass is 15.3. The Labute approximate surface area is 124 Å². The summed E-state index contributed by atoms with van der Waals surface area (Å²) in [7, 11) is 0. The molecule has 116 valence electrons. The lowest BCUT2D eigenvalue weighted by molar-refractivity contribution is 0.0222. The standard InChI is InChI=1S/C17H33N3/c1-16(2)6-3-7-17(14-18,9-8-16)20-12-10-19(11-13-20)15-4-5-15/h15H,3-14,18H2,1-2H3. The van der Waals surface area contributed by atoms with Crippen molar-refractivity contribution < 1.29 is 0 Å². The van der Waals surface area contributed by atoms with Gasteiger partial charge in [0.2, 0.25) is 0 Å². The van der Waals surface area contributed by atoms with Gasteiger partial charge in [-0.1, -0.05) is 20.3 Å². The second-order valence-corrected chi connectivity index (χ2v) is 8.20. The van der Waals surface area contributed by atoms with Crippen LogP contribution in [0, 0.1) is 5.41 Å². The van der Waals surface area contributed by atoms with Crippen LogP contribution in [0.4, 0.5) is 0 Å². The quantitative estimate of drug-likeness (QED) is 0.806. The lowest BCUT2D eigenvalue weighted by atomic mass is 9.82. The molecule has 0 bridgehead atoms. The maximum absolute atomic E-state index is 6.28. The first-order valence-electron chi connectivity index (χ1n) is 8.74. The molecule has 0 aromatic carbocycles. The van der Waals surface area contributed by atoms with Crippen molar-refractivity contribution in [2.24, 2.45) is 11.1 Å². The van der Waals surface area contributed by atoms with Gasteiger partial charge in [-0.05, 0) is 43.9 Å². The largest absolute Gasteiger partial charge is 0.329 e. The molecule has 1 atom stereocenters. The molecule has 3 fully saturated rings. The molecule has 2 aliphatic carbocycles. The van der Waals surface area contributed by atoms with Crippen molar-refractivity contribution in [3.05, 3.63) is 0 Å². The van der Waals surface area contributed by atoms with E-state index in [9.17, 15) is 0 Å². The summed E-state index contributed by atoms with van der Waals surface area (Å²) >= 11 is 0. The second-order valence-electron chi connectivity index (χ2n) is 8.20. The molecule has 20 heavy (non-hydrogen) atoms. The molecule has 0 amide bonds. The lowest BCUT2D eigenvalue weighted by Crippen LogP contribution is -2.60. The van der Waals surface area contributed by atoms with Gasteiger partial charge in [0.25, 0.3) is 0 Å². The van der Waals surface area contributed by atoms with Crippen LogP contribution >= 0.6 is 0 Å². The highest BCUT2D eigenvalue weighted by molar-refractivity contribution is 4.98. The molecule has 1 heterocycles. The molecular weight excluding hydrogens is 246 g/mol. The monoisotopic (exact) mass is 279 g/mol. The zero-order valence-electron chi connectivity index (χ0n) is 13.5. The predicted octanol–water partition coefficient (Wildman–Crippen LogP) is 2.45. The summed E-state index contributed by atoms with van der Waals surface area (Å²) in [6, 6.07) is 0.930. The van der Waals surface area contributed by atoms with Gasteiger partial charge in [-0.2, -0.15) is 0 Å². The Bertz CT molecular complexity index is 329. The fraction of sp³-hybridized carbons (Fsp3) is 1.00. The zero-order valence-corrected chi connectivity index (χ0v) is 13.5. The maximum Gasteiger partial charge on any atom is 0.0333 e. The molecule has 3 rings (SSSR count). The first kappa shape index (κ1) is 14.8. The maximum atomic E-state index is 6.28. The number of rotatable bonds is 3. The number of piperazine rings is 1. The van der Waals surface area contributed by atoms with Crippen LogP contribution in [0.5, 0.6) is 0 Å². The normalized spacial score (nSPS) is 36.8.